The number of halogens is 1. The molecule has 0 saturated heterocycles. The third kappa shape index (κ3) is 1.47. The molecule has 5 heteroatoms. The number of hydrogen-bond donors (Lipinski definition) is 1. The smallest absolute Gasteiger partial charge is 0.201 e. The number of hydrogen-bond acceptors (Lipinski definition) is 3. The van der Waals surface area contributed by atoms with Crippen molar-refractivity contribution >= 4 is 17.5 Å². The molecule has 1 aromatic rings. The van der Waals surface area contributed by atoms with Crippen molar-refractivity contribution in [3.8, 4) is 0 Å². The summed E-state index contributed by atoms with van der Waals surface area (Å²) in [5.41, 5.74) is 3.11. The number of nitrogens with zero attached hydrogens (tertiary/aromatic N) is 1. The van der Waals surface area contributed by atoms with Gasteiger partial charge in [0.05, 0.1) is 0 Å². The molecule has 1 aliphatic rings. The van der Waals surface area contributed by atoms with Gasteiger partial charge in [-0.15, -0.1) is 0 Å². The van der Waals surface area contributed by atoms with E-state index >= 15 is 0 Å². The van der Waals surface area contributed by atoms with Gasteiger partial charge in [-0.2, -0.15) is 0 Å². The van der Waals surface area contributed by atoms with Gasteiger partial charge in [-0.1, -0.05) is 27.9 Å². The maximum absolute atomic E-state index is 10.8. The molecule has 1 heterocycles. The predicted octanol–water partition coefficient (Wildman–Crippen LogP) is 0.757. The van der Waals surface area contributed by atoms with Gasteiger partial charge < -0.3 is 9.94 Å². The summed E-state index contributed by atoms with van der Waals surface area (Å²) in [6.45, 7) is 0. The molecule has 0 radical (unpaired) electrons. The van der Waals surface area contributed by atoms with Gasteiger partial charge in [0.2, 0.25) is 11.8 Å². The van der Waals surface area contributed by atoms with Gasteiger partial charge in [0.25, 0.3) is 0 Å². The van der Waals surface area contributed by atoms with Crippen LogP contribution >= 0.6 is 11.8 Å². The van der Waals surface area contributed by atoms with Crippen LogP contribution in [-0.4, -0.2) is 0 Å². The average molecular weight is 199 g/mol. The SMILES string of the molecule is [O-]C1=C[N+](Cl)(c2ccccc2)NO1. The summed E-state index contributed by atoms with van der Waals surface area (Å²) < 4.78 is -0.348. The Morgan fingerprint density at radius 3 is 2.54 bits per heavy atom. The minimum Gasteiger partial charge on any atom is -0.540 e. The number of rotatable bonds is 1. The molecule has 1 aliphatic heterocycles. The Morgan fingerprint density at radius 2 is 2.00 bits per heavy atom. The fourth-order valence-corrected chi connectivity index (χ4v) is 1.31. The van der Waals surface area contributed by atoms with Crippen LogP contribution in [0.3, 0.4) is 0 Å². The fraction of sp³-hybridized carbons (Fsp3) is 0. The molecule has 0 aromatic heterocycles. The van der Waals surface area contributed by atoms with Crippen molar-refractivity contribution in [1.82, 2.24) is 9.70 Å². The zero-order chi connectivity index (χ0) is 9.31. The van der Waals surface area contributed by atoms with Crippen molar-refractivity contribution in [2.24, 2.45) is 0 Å². The monoisotopic (exact) mass is 198 g/mol. The lowest BCUT2D eigenvalue weighted by atomic mass is 10.3. The zero-order valence-corrected chi connectivity index (χ0v) is 7.36. The van der Waals surface area contributed by atoms with E-state index in [2.05, 4.69) is 10.4 Å². The van der Waals surface area contributed by atoms with Crippen LogP contribution in [0.4, 0.5) is 5.69 Å². The maximum Gasteiger partial charge on any atom is 0.201 e. The minimum absolute atomic E-state index is 0.348. The Kier molecular flexibility index (Phi) is 1.88. The molecule has 2 rings (SSSR count). The lowest BCUT2D eigenvalue weighted by molar-refractivity contribution is -0.361. The van der Waals surface area contributed by atoms with Gasteiger partial charge >= 0.3 is 0 Å². The molecular weight excluding hydrogens is 192 g/mol. The van der Waals surface area contributed by atoms with Crippen LogP contribution in [0, 0.1) is 0 Å². The molecular formula is C8H7ClN2O2. The number of quaternary nitrogens is 1. The summed E-state index contributed by atoms with van der Waals surface area (Å²) in [7, 11) is 0. The first-order chi connectivity index (χ1) is 6.21. The van der Waals surface area contributed by atoms with Crippen LogP contribution in [0.5, 0.6) is 0 Å². The molecule has 0 amide bonds. The Labute approximate surface area is 80.2 Å². The number of benzene rings is 1. The molecule has 1 aromatic carbocycles. The average Bonchev–Trinajstić information content (AvgIpc) is 2.49. The van der Waals surface area contributed by atoms with Crippen LogP contribution in [0.1, 0.15) is 0 Å². The second-order valence-corrected chi connectivity index (χ2v) is 3.15. The van der Waals surface area contributed by atoms with Gasteiger partial charge in [0, 0.05) is 12.1 Å². The van der Waals surface area contributed by atoms with E-state index in [1.807, 2.05) is 18.2 Å². The normalized spacial score (nSPS) is 26.7. The van der Waals surface area contributed by atoms with E-state index in [0.717, 1.165) is 5.69 Å². The Balaban J connectivity index is 2.37. The first-order valence-electron chi connectivity index (χ1n) is 3.69. The lowest BCUT2D eigenvalue weighted by Crippen LogP contribution is -2.41. The molecule has 0 bridgehead atoms. The van der Waals surface area contributed by atoms with Crippen molar-refractivity contribution in [3.05, 3.63) is 42.5 Å². The van der Waals surface area contributed by atoms with Crippen molar-refractivity contribution in [2.75, 3.05) is 0 Å². The summed E-state index contributed by atoms with van der Waals surface area (Å²) in [5.74, 6) is -0.487. The topological polar surface area (TPSA) is 44.3 Å². The van der Waals surface area contributed by atoms with Gasteiger partial charge in [-0.3, -0.25) is 0 Å². The van der Waals surface area contributed by atoms with Crippen LogP contribution in [0.15, 0.2) is 42.5 Å². The highest BCUT2D eigenvalue weighted by Gasteiger charge is 2.30. The fourth-order valence-electron chi connectivity index (χ4n) is 1.08. The molecule has 4 nitrogen and oxygen atoms in total. The van der Waals surface area contributed by atoms with E-state index in [1.165, 1.54) is 6.20 Å². The van der Waals surface area contributed by atoms with E-state index in [9.17, 15) is 5.11 Å². The second kappa shape index (κ2) is 2.92. The molecule has 0 spiro atoms. The Hall–Kier alpha value is -1.23. The van der Waals surface area contributed by atoms with Crippen LogP contribution < -0.4 is 14.8 Å². The van der Waals surface area contributed by atoms with E-state index in [1.54, 1.807) is 12.1 Å². The summed E-state index contributed by atoms with van der Waals surface area (Å²) in [6, 6.07) is 9.11. The van der Waals surface area contributed by atoms with E-state index < -0.39 is 5.95 Å². The summed E-state index contributed by atoms with van der Waals surface area (Å²) in [5, 5.41) is 10.8. The molecule has 1 atom stereocenters. The van der Waals surface area contributed by atoms with Gasteiger partial charge in [-0.25, -0.2) is 0 Å². The molecule has 68 valence electrons. The number of para-hydroxylation sites is 1. The highest BCUT2D eigenvalue weighted by Crippen LogP contribution is 2.27. The standard InChI is InChI=1S/C8H7ClN2O2/c9-11(6-8(12)13-10-11)7-4-2-1-3-5-7/h1-6,10H. The third-order valence-corrected chi connectivity index (χ3v) is 2.06. The summed E-state index contributed by atoms with van der Waals surface area (Å²) in [4.78, 5) is 4.52. The molecule has 13 heavy (non-hydrogen) atoms. The highest BCUT2D eigenvalue weighted by molar-refractivity contribution is 6.21. The van der Waals surface area contributed by atoms with E-state index in [0.29, 0.717) is 0 Å². The molecule has 1 N–H and O–H groups in total. The van der Waals surface area contributed by atoms with Crippen LogP contribution in [-0.2, 0) is 4.84 Å². The molecule has 0 saturated carbocycles. The van der Waals surface area contributed by atoms with Crippen molar-refractivity contribution < 1.29 is 9.94 Å². The first-order valence-corrected chi connectivity index (χ1v) is 4.02. The van der Waals surface area contributed by atoms with Gasteiger partial charge in [0.1, 0.15) is 5.95 Å². The number of nitrogens with one attached hydrogen (secondary N) is 1. The van der Waals surface area contributed by atoms with E-state index in [-0.39, 0.29) is 4.11 Å². The molecule has 0 aliphatic carbocycles. The van der Waals surface area contributed by atoms with Gasteiger partial charge in [0.15, 0.2) is 11.9 Å². The predicted molar refractivity (Wildman–Crippen MR) is 46.4 cm³/mol. The Bertz CT molecular complexity index is 341. The van der Waals surface area contributed by atoms with Crippen molar-refractivity contribution in [2.45, 2.75) is 0 Å². The summed E-state index contributed by atoms with van der Waals surface area (Å²) in [6.07, 6.45) is 1.23. The lowest BCUT2D eigenvalue weighted by Gasteiger charge is -2.19. The van der Waals surface area contributed by atoms with Gasteiger partial charge in [-0.05, 0) is 0 Å². The minimum atomic E-state index is -0.487. The van der Waals surface area contributed by atoms with Crippen molar-refractivity contribution in [3.63, 3.8) is 0 Å². The van der Waals surface area contributed by atoms with Crippen molar-refractivity contribution in [1.29, 1.82) is 0 Å². The van der Waals surface area contributed by atoms with Crippen LogP contribution in [0.25, 0.3) is 0 Å². The zero-order valence-electron chi connectivity index (χ0n) is 6.61. The quantitative estimate of drug-likeness (QED) is 0.678. The molecule has 1 unspecified atom stereocenters. The largest absolute Gasteiger partial charge is 0.540 e. The highest BCUT2D eigenvalue weighted by atomic mass is 35.5. The molecule has 0 fully saturated rings. The first kappa shape index (κ1) is 8.37. The maximum atomic E-state index is 10.8. The summed E-state index contributed by atoms with van der Waals surface area (Å²) >= 11 is 6.02. The van der Waals surface area contributed by atoms with Crippen LogP contribution in [0.2, 0.25) is 0 Å². The Morgan fingerprint density at radius 1 is 1.31 bits per heavy atom. The third-order valence-electron chi connectivity index (χ3n) is 1.69. The van der Waals surface area contributed by atoms with E-state index in [4.69, 9.17) is 11.8 Å². The second-order valence-electron chi connectivity index (χ2n) is 2.61.